The molecule has 7 nitrogen and oxygen atoms in total. The molecule has 28 heavy (non-hydrogen) atoms. The van der Waals surface area contributed by atoms with Gasteiger partial charge in [-0.25, -0.2) is 4.98 Å². The number of ether oxygens (including phenoxy) is 1. The number of halogens is 1. The Bertz CT molecular complexity index is 931. The second-order valence-electron chi connectivity index (χ2n) is 7.78. The molecule has 0 radical (unpaired) electrons. The van der Waals surface area contributed by atoms with Gasteiger partial charge in [-0.1, -0.05) is 11.6 Å². The molecule has 0 unspecified atom stereocenters. The number of aromatic nitrogens is 2. The zero-order valence-electron chi connectivity index (χ0n) is 15.6. The van der Waals surface area contributed by atoms with Crippen molar-refractivity contribution in [3.8, 4) is 0 Å². The van der Waals surface area contributed by atoms with E-state index in [1.165, 1.54) is 10.9 Å². The quantitative estimate of drug-likeness (QED) is 0.842. The standard InChI is InChI=1S/C20H24ClN3O4/c21-15-1-2-16-17(11-15)22-13-24(19(16)26)12-20(27)5-7-23(8-6-20)18(25)14-3-9-28-10-4-14/h1-2,11,13-14,27H,3-10,12H2. The predicted octanol–water partition coefficient (Wildman–Crippen LogP) is 1.83. The molecule has 1 amide bonds. The maximum Gasteiger partial charge on any atom is 0.261 e. The first kappa shape index (κ1) is 19.4. The highest BCUT2D eigenvalue weighted by Gasteiger charge is 2.36. The molecule has 2 saturated heterocycles. The van der Waals surface area contributed by atoms with Crippen molar-refractivity contribution < 1.29 is 14.6 Å². The van der Waals surface area contributed by atoms with Crippen LogP contribution in [0.3, 0.4) is 0 Å². The fourth-order valence-electron chi connectivity index (χ4n) is 4.07. The van der Waals surface area contributed by atoms with Gasteiger partial charge in [-0.15, -0.1) is 0 Å². The predicted molar refractivity (Wildman–Crippen MR) is 105 cm³/mol. The van der Waals surface area contributed by atoms with Crippen LogP contribution in [-0.2, 0) is 16.1 Å². The van der Waals surface area contributed by atoms with Crippen LogP contribution < -0.4 is 5.56 Å². The smallest absolute Gasteiger partial charge is 0.261 e. The van der Waals surface area contributed by atoms with E-state index in [2.05, 4.69) is 4.98 Å². The van der Waals surface area contributed by atoms with Crippen LogP contribution in [-0.4, -0.2) is 57.4 Å². The van der Waals surface area contributed by atoms with Gasteiger partial charge in [0, 0.05) is 37.2 Å². The number of piperidine rings is 1. The molecule has 4 rings (SSSR count). The van der Waals surface area contributed by atoms with Gasteiger partial charge in [-0.2, -0.15) is 0 Å². The summed E-state index contributed by atoms with van der Waals surface area (Å²) in [7, 11) is 0. The van der Waals surface area contributed by atoms with Crippen molar-refractivity contribution in [2.24, 2.45) is 5.92 Å². The molecule has 0 saturated carbocycles. The summed E-state index contributed by atoms with van der Waals surface area (Å²) in [6.45, 7) is 2.43. The molecule has 1 aromatic heterocycles. The van der Waals surface area contributed by atoms with Crippen LogP contribution >= 0.6 is 11.6 Å². The lowest BCUT2D eigenvalue weighted by Crippen LogP contribution is -2.51. The van der Waals surface area contributed by atoms with E-state index in [-0.39, 0.29) is 23.9 Å². The second kappa shape index (κ2) is 7.81. The highest BCUT2D eigenvalue weighted by molar-refractivity contribution is 6.31. The van der Waals surface area contributed by atoms with Gasteiger partial charge in [0.05, 0.1) is 29.4 Å². The van der Waals surface area contributed by atoms with Crippen LogP contribution in [0.5, 0.6) is 0 Å². The molecule has 3 heterocycles. The summed E-state index contributed by atoms with van der Waals surface area (Å²) in [5.41, 5.74) is -0.689. The number of nitrogens with zero attached hydrogens (tertiary/aromatic N) is 3. The first-order valence-electron chi connectivity index (χ1n) is 9.69. The van der Waals surface area contributed by atoms with Crippen LogP contribution in [0, 0.1) is 5.92 Å². The number of carbonyl (C=O) groups excluding carboxylic acids is 1. The van der Waals surface area contributed by atoms with E-state index >= 15 is 0 Å². The molecule has 2 aliphatic rings. The van der Waals surface area contributed by atoms with E-state index in [9.17, 15) is 14.7 Å². The number of amides is 1. The van der Waals surface area contributed by atoms with Gasteiger partial charge < -0.3 is 14.7 Å². The third-order valence-electron chi connectivity index (χ3n) is 5.83. The van der Waals surface area contributed by atoms with Gasteiger partial charge in [0.15, 0.2) is 0 Å². The van der Waals surface area contributed by atoms with Gasteiger partial charge in [-0.3, -0.25) is 14.2 Å². The molecule has 8 heteroatoms. The lowest BCUT2D eigenvalue weighted by Gasteiger charge is -2.40. The lowest BCUT2D eigenvalue weighted by atomic mass is 9.89. The van der Waals surface area contributed by atoms with E-state index in [1.807, 2.05) is 4.90 Å². The Kier molecular flexibility index (Phi) is 5.40. The summed E-state index contributed by atoms with van der Waals surface area (Å²) in [6, 6.07) is 4.97. The first-order valence-corrected chi connectivity index (χ1v) is 10.1. The van der Waals surface area contributed by atoms with Gasteiger partial charge in [0.25, 0.3) is 5.56 Å². The van der Waals surface area contributed by atoms with E-state index in [4.69, 9.17) is 16.3 Å². The molecule has 1 N–H and O–H groups in total. The molecule has 2 aromatic rings. The number of aliphatic hydroxyl groups is 1. The van der Waals surface area contributed by atoms with E-state index in [1.54, 1.807) is 18.2 Å². The molecule has 0 atom stereocenters. The summed E-state index contributed by atoms with van der Waals surface area (Å²) in [4.78, 5) is 31.5. The zero-order valence-corrected chi connectivity index (χ0v) is 16.4. The minimum absolute atomic E-state index is 0.0269. The third-order valence-corrected chi connectivity index (χ3v) is 6.06. The number of fused-ring (bicyclic) bond motifs is 1. The second-order valence-corrected chi connectivity index (χ2v) is 8.21. The number of carbonyl (C=O) groups is 1. The average molecular weight is 406 g/mol. The van der Waals surface area contributed by atoms with E-state index < -0.39 is 5.60 Å². The Morgan fingerprint density at radius 3 is 2.71 bits per heavy atom. The maximum atomic E-state index is 12.7. The molecule has 0 bridgehead atoms. The molecule has 150 valence electrons. The van der Waals surface area contributed by atoms with Crippen LogP contribution in [0.15, 0.2) is 29.3 Å². The summed E-state index contributed by atoms with van der Waals surface area (Å²) < 4.78 is 6.78. The fraction of sp³-hybridized carbons (Fsp3) is 0.550. The van der Waals surface area contributed by atoms with Crippen LogP contribution in [0.4, 0.5) is 0 Å². The molecular weight excluding hydrogens is 382 g/mol. The molecule has 1 aromatic carbocycles. The highest BCUT2D eigenvalue weighted by Crippen LogP contribution is 2.27. The number of likely N-dealkylation sites (tertiary alicyclic amines) is 1. The topological polar surface area (TPSA) is 84.7 Å². The van der Waals surface area contributed by atoms with Gasteiger partial charge in [-0.05, 0) is 43.9 Å². The Hall–Kier alpha value is -1.96. The monoisotopic (exact) mass is 405 g/mol. The van der Waals surface area contributed by atoms with Crippen molar-refractivity contribution >= 4 is 28.4 Å². The Morgan fingerprint density at radius 1 is 1.29 bits per heavy atom. The maximum absolute atomic E-state index is 12.7. The SMILES string of the molecule is O=C(C1CCOCC1)N1CCC(O)(Cn2cnc3cc(Cl)ccc3c2=O)CC1. The van der Waals surface area contributed by atoms with Crippen molar-refractivity contribution in [1.82, 2.24) is 14.5 Å². The van der Waals surface area contributed by atoms with Gasteiger partial charge in [0.2, 0.25) is 5.91 Å². The minimum atomic E-state index is -1.03. The molecule has 2 fully saturated rings. The number of hydrogen-bond donors (Lipinski definition) is 1. The highest BCUT2D eigenvalue weighted by atomic mass is 35.5. The van der Waals surface area contributed by atoms with Gasteiger partial charge >= 0.3 is 0 Å². The Morgan fingerprint density at radius 2 is 2.00 bits per heavy atom. The number of benzene rings is 1. The average Bonchev–Trinajstić information content (AvgIpc) is 2.71. The summed E-state index contributed by atoms with van der Waals surface area (Å²) in [5, 5.41) is 12.0. The van der Waals surface area contributed by atoms with Crippen LogP contribution in [0.1, 0.15) is 25.7 Å². The molecule has 0 spiro atoms. The minimum Gasteiger partial charge on any atom is -0.388 e. The third kappa shape index (κ3) is 3.92. The van der Waals surface area contributed by atoms with Crippen molar-refractivity contribution in [3.63, 3.8) is 0 Å². The number of hydrogen-bond acceptors (Lipinski definition) is 5. The Labute approximate surface area is 167 Å². The van der Waals surface area contributed by atoms with Crippen molar-refractivity contribution in [2.45, 2.75) is 37.8 Å². The fourth-order valence-corrected chi connectivity index (χ4v) is 4.23. The largest absolute Gasteiger partial charge is 0.388 e. The molecular formula is C20H24ClN3O4. The summed E-state index contributed by atoms with van der Waals surface area (Å²) in [5.74, 6) is 0.186. The van der Waals surface area contributed by atoms with E-state index in [0.717, 1.165) is 12.8 Å². The van der Waals surface area contributed by atoms with Gasteiger partial charge in [0.1, 0.15) is 0 Å². The molecule has 0 aliphatic carbocycles. The molecule has 2 aliphatic heterocycles. The van der Waals surface area contributed by atoms with Crippen molar-refractivity contribution in [3.05, 3.63) is 39.9 Å². The normalized spacial score (nSPS) is 20.4. The number of rotatable bonds is 3. The lowest BCUT2D eigenvalue weighted by molar-refractivity contribution is -0.143. The zero-order chi connectivity index (χ0) is 19.7. The van der Waals surface area contributed by atoms with Crippen LogP contribution in [0.2, 0.25) is 5.02 Å². The van der Waals surface area contributed by atoms with E-state index in [0.29, 0.717) is 55.1 Å². The summed E-state index contributed by atoms with van der Waals surface area (Å²) >= 11 is 5.96. The Balaban J connectivity index is 1.44. The first-order chi connectivity index (χ1) is 13.5. The van der Waals surface area contributed by atoms with Crippen molar-refractivity contribution in [2.75, 3.05) is 26.3 Å². The van der Waals surface area contributed by atoms with Crippen molar-refractivity contribution in [1.29, 1.82) is 0 Å². The van der Waals surface area contributed by atoms with Crippen LogP contribution in [0.25, 0.3) is 10.9 Å². The summed E-state index contributed by atoms with van der Waals surface area (Å²) in [6.07, 6.45) is 3.86.